The van der Waals surface area contributed by atoms with Crippen LogP contribution in [-0.4, -0.2) is 4.98 Å². The molecule has 1 nitrogen and oxygen atoms in total. The lowest BCUT2D eigenvalue weighted by Crippen LogP contribution is -1.89. The number of rotatable bonds is 1. The van der Waals surface area contributed by atoms with Crippen LogP contribution in [0.5, 0.6) is 0 Å². The molecule has 0 saturated heterocycles. The Hall–Kier alpha value is -3.19. The number of pyridine rings is 1. The van der Waals surface area contributed by atoms with Crippen molar-refractivity contribution in [3.8, 4) is 11.3 Å². The van der Waals surface area contributed by atoms with Gasteiger partial charge in [0.1, 0.15) is 0 Å². The number of hydrogen-bond donors (Lipinski definition) is 0. The molecule has 5 aromatic rings. The minimum absolute atomic E-state index is 1.03. The molecule has 1 heteroatoms. The van der Waals surface area contributed by atoms with E-state index in [2.05, 4.69) is 84.9 Å². The minimum Gasteiger partial charge on any atom is -0.256 e. The highest BCUT2D eigenvalue weighted by Crippen LogP contribution is 2.36. The first-order chi connectivity index (χ1) is 11.9. The fourth-order valence-corrected chi connectivity index (χ4v) is 3.51. The number of aromatic nitrogens is 1. The molecule has 0 aliphatic carbocycles. The lowest BCUT2D eigenvalue weighted by Gasteiger charge is -2.12. The van der Waals surface area contributed by atoms with Crippen molar-refractivity contribution in [2.24, 2.45) is 0 Å². The molecule has 1 heterocycles. The van der Waals surface area contributed by atoms with Gasteiger partial charge in [-0.3, -0.25) is 4.98 Å². The molecule has 5 rings (SSSR count). The summed E-state index contributed by atoms with van der Waals surface area (Å²) in [7, 11) is 0. The number of hydrogen-bond acceptors (Lipinski definition) is 1. The fourth-order valence-electron chi connectivity index (χ4n) is 3.51. The fraction of sp³-hybridized carbons (Fsp3) is 0. The molecule has 0 aliphatic heterocycles. The van der Waals surface area contributed by atoms with Gasteiger partial charge in [-0.15, -0.1) is 0 Å². The van der Waals surface area contributed by atoms with Crippen LogP contribution in [0.25, 0.3) is 43.6 Å². The third kappa shape index (κ3) is 1.99. The maximum atomic E-state index is 4.78. The van der Waals surface area contributed by atoms with Crippen LogP contribution in [0.3, 0.4) is 0 Å². The van der Waals surface area contributed by atoms with Crippen LogP contribution in [-0.2, 0) is 0 Å². The van der Waals surface area contributed by atoms with E-state index >= 15 is 0 Å². The lowest BCUT2D eigenvalue weighted by atomic mass is 9.94. The zero-order chi connectivity index (χ0) is 15.9. The summed E-state index contributed by atoms with van der Waals surface area (Å²) < 4.78 is 0. The number of nitrogens with zero attached hydrogens (tertiary/aromatic N) is 1. The van der Waals surface area contributed by atoms with E-state index in [0.29, 0.717) is 0 Å². The molecule has 0 fully saturated rings. The normalized spacial score (nSPS) is 11.3. The number of benzene rings is 4. The maximum absolute atomic E-state index is 4.78. The Bertz CT molecular complexity index is 1150. The molecule has 0 aliphatic rings. The standard InChI is InChI=1S/C23H15N/c1-2-10-19-15-24-22(14-16(19)7-1)23-20-11-5-3-8-17(20)13-18-9-4-6-12-21(18)23/h1-15H. The first kappa shape index (κ1) is 13.3. The monoisotopic (exact) mass is 305 g/mol. The molecular formula is C23H15N. The highest BCUT2D eigenvalue weighted by molar-refractivity contribution is 6.12. The van der Waals surface area contributed by atoms with Crippen molar-refractivity contribution >= 4 is 32.3 Å². The third-order valence-corrected chi connectivity index (χ3v) is 4.66. The summed E-state index contributed by atoms with van der Waals surface area (Å²) >= 11 is 0. The van der Waals surface area contributed by atoms with Crippen LogP contribution in [0.15, 0.2) is 91.1 Å². The third-order valence-electron chi connectivity index (χ3n) is 4.66. The summed E-state index contributed by atoms with van der Waals surface area (Å²) in [4.78, 5) is 4.78. The number of fused-ring (bicyclic) bond motifs is 3. The van der Waals surface area contributed by atoms with E-state index in [1.165, 1.54) is 37.9 Å². The van der Waals surface area contributed by atoms with Gasteiger partial charge in [-0.1, -0.05) is 72.8 Å². The van der Waals surface area contributed by atoms with Crippen molar-refractivity contribution in [3.63, 3.8) is 0 Å². The molecule has 0 atom stereocenters. The molecular weight excluding hydrogens is 290 g/mol. The van der Waals surface area contributed by atoms with E-state index in [9.17, 15) is 0 Å². The minimum atomic E-state index is 1.03. The van der Waals surface area contributed by atoms with Crippen LogP contribution in [0, 0.1) is 0 Å². The van der Waals surface area contributed by atoms with E-state index < -0.39 is 0 Å². The van der Waals surface area contributed by atoms with Gasteiger partial charge in [0.15, 0.2) is 0 Å². The Morgan fingerprint density at radius 2 is 1.04 bits per heavy atom. The summed E-state index contributed by atoms with van der Waals surface area (Å²) in [5.41, 5.74) is 2.25. The Kier molecular flexibility index (Phi) is 2.86. The van der Waals surface area contributed by atoms with Crippen molar-refractivity contribution < 1.29 is 0 Å². The smallest absolute Gasteiger partial charge is 0.0720 e. The summed E-state index contributed by atoms with van der Waals surface area (Å²) in [6.07, 6.45) is 1.97. The Morgan fingerprint density at radius 3 is 1.71 bits per heavy atom. The van der Waals surface area contributed by atoms with Crippen molar-refractivity contribution in [2.75, 3.05) is 0 Å². The predicted molar refractivity (Wildman–Crippen MR) is 102 cm³/mol. The van der Waals surface area contributed by atoms with Crippen molar-refractivity contribution in [1.29, 1.82) is 0 Å². The molecule has 0 saturated carbocycles. The van der Waals surface area contributed by atoms with Crippen LogP contribution < -0.4 is 0 Å². The van der Waals surface area contributed by atoms with Gasteiger partial charge in [0.25, 0.3) is 0 Å². The van der Waals surface area contributed by atoms with Gasteiger partial charge in [-0.05, 0) is 39.1 Å². The van der Waals surface area contributed by atoms with Crippen LogP contribution in [0.4, 0.5) is 0 Å². The van der Waals surface area contributed by atoms with Gasteiger partial charge in [0, 0.05) is 17.1 Å². The Balaban J connectivity index is 1.94. The van der Waals surface area contributed by atoms with Crippen molar-refractivity contribution in [2.45, 2.75) is 0 Å². The molecule has 112 valence electrons. The van der Waals surface area contributed by atoms with Crippen LogP contribution in [0.2, 0.25) is 0 Å². The topological polar surface area (TPSA) is 12.9 Å². The highest BCUT2D eigenvalue weighted by Gasteiger charge is 2.11. The molecule has 0 amide bonds. The maximum Gasteiger partial charge on any atom is 0.0720 e. The van der Waals surface area contributed by atoms with Gasteiger partial charge in [-0.25, -0.2) is 0 Å². The van der Waals surface area contributed by atoms with E-state index in [4.69, 9.17) is 4.98 Å². The zero-order valence-corrected chi connectivity index (χ0v) is 13.1. The lowest BCUT2D eigenvalue weighted by molar-refractivity contribution is 1.37. The average Bonchev–Trinajstić information content (AvgIpc) is 2.65. The summed E-state index contributed by atoms with van der Waals surface area (Å²) in [5.74, 6) is 0. The van der Waals surface area contributed by atoms with E-state index in [-0.39, 0.29) is 0 Å². The second kappa shape index (κ2) is 5.17. The summed E-state index contributed by atoms with van der Waals surface area (Å²) in [6.45, 7) is 0. The van der Waals surface area contributed by atoms with Gasteiger partial charge < -0.3 is 0 Å². The Morgan fingerprint density at radius 1 is 0.500 bits per heavy atom. The second-order valence-corrected chi connectivity index (χ2v) is 6.11. The zero-order valence-electron chi connectivity index (χ0n) is 13.1. The first-order valence-corrected chi connectivity index (χ1v) is 8.16. The molecule has 0 spiro atoms. The SMILES string of the molecule is c1ccc2cc(-c3c4ccccc4cc4ccccc34)ncc2c1. The Labute approximate surface area is 140 Å². The van der Waals surface area contributed by atoms with Gasteiger partial charge >= 0.3 is 0 Å². The molecule has 0 bridgehead atoms. The predicted octanol–water partition coefficient (Wildman–Crippen LogP) is 6.21. The van der Waals surface area contributed by atoms with Gasteiger partial charge in [-0.2, -0.15) is 0 Å². The second-order valence-electron chi connectivity index (χ2n) is 6.11. The van der Waals surface area contributed by atoms with E-state index in [0.717, 1.165) is 5.69 Å². The van der Waals surface area contributed by atoms with Gasteiger partial charge in [0.2, 0.25) is 0 Å². The summed E-state index contributed by atoms with van der Waals surface area (Å²) in [5, 5.41) is 7.39. The van der Waals surface area contributed by atoms with E-state index in [1.807, 2.05) is 6.20 Å². The van der Waals surface area contributed by atoms with Gasteiger partial charge in [0.05, 0.1) is 5.69 Å². The van der Waals surface area contributed by atoms with Crippen LogP contribution in [0.1, 0.15) is 0 Å². The molecule has 0 radical (unpaired) electrons. The van der Waals surface area contributed by atoms with E-state index in [1.54, 1.807) is 0 Å². The summed E-state index contributed by atoms with van der Waals surface area (Å²) in [6, 6.07) is 29.9. The highest BCUT2D eigenvalue weighted by atomic mass is 14.7. The molecule has 4 aromatic carbocycles. The quantitative estimate of drug-likeness (QED) is 0.336. The molecule has 0 N–H and O–H groups in total. The first-order valence-electron chi connectivity index (χ1n) is 8.16. The largest absolute Gasteiger partial charge is 0.256 e. The van der Waals surface area contributed by atoms with Crippen molar-refractivity contribution in [3.05, 3.63) is 91.1 Å². The van der Waals surface area contributed by atoms with Crippen molar-refractivity contribution in [1.82, 2.24) is 4.98 Å². The average molecular weight is 305 g/mol. The molecule has 24 heavy (non-hydrogen) atoms. The molecule has 0 unspecified atom stereocenters. The molecule has 1 aromatic heterocycles. The van der Waals surface area contributed by atoms with Crippen LogP contribution >= 0.6 is 0 Å².